The first-order chi connectivity index (χ1) is 25.0. The molecule has 300 valence electrons. The van der Waals surface area contributed by atoms with E-state index in [1.807, 2.05) is 0 Å². The molecule has 1 aliphatic carbocycles. The predicted octanol–water partition coefficient (Wildman–Crippen LogP) is -0.554. The number of hydrogen-bond acceptors (Lipinski definition) is 20. The van der Waals surface area contributed by atoms with Crippen LogP contribution in [0.25, 0.3) is 11.2 Å². The second-order valence-corrected chi connectivity index (χ2v) is 15.3. The number of nitro groups is 2. The van der Waals surface area contributed by atoms with Gasteiger partial charge in [0.05, 0.1) is 34.9 Å². The number of fused-ring (bicyclic) bond motifs is 2. The zero-order valence-electron chi connectivity index (χ0n) is 27.8. The number of phosphoric acid groups is 3. The summed E-state index contributed by atoms with van der Waals surface area (Å²) in [6.07, 6.45) is -5.32. The molecular weight excluding hydrogens is 803 g/mol. The van der Waals surface area contributed by atoms with Crippen molar-refractivity contribution in [3.63, 3.8) is 0 Å². The van der Waals surface area contributed by atoms with Gasteiger partial charge >= 0.3 is 40.6 Å². The number of hydrogen-bond donors (Lipinski definition) is 7. The van der Waals surface area contributed by atoms with E-state index in [1.54, 1.807) is 0 Å². The number of anilines is 1. The van der Waals surface area contributed by atoms with Crippen molar-refractivity contribution in [2.75, 3.05) is 32.0 Å². The molecule has 3 aliphatic rings. The predicted molar refractivity (Wildman–Crippen MR) is 173 cm³/mol. The number of aromatic nitrogens is 4. The molecule has 0 aromatic carbocycles. The molecule has 54 heavy (non-hydrogen) atoms. The first-order valence-electron chi connectivity index (χ1n) is 15.0. The smallest absolute Gasteiger partial charge is 0.417 e. The van der Waals surface area contributed by atoms with Crippen LogP contribution < -0.4 is 11.3 Å². The highest BCUT2D eigenvalue weighted by atomic mass is 31.3. The highest BCUT2D eigenvalue weighted by Crippen LogP contribution is 2.66. The molecule has 2 aromatic heterocycles. The van der Waals surface area contributed by atoms with E-state index in [2.05, 4.69) is 53.8 Å². The standard InChI is InChI=1S/C16H17N8O20P3.C6H15N/c17-15-19-12-9(13(25)20-15)18-4-21(12)14-11-10(6(40-14)3-39-46(35,36)44-47(37,38)43-45(32,33)34)41-16(42-11)7(23(28)29)1-5(22(26)27)2-8(16)24(30)31;1-4-7(5-2)6-3/h1-2,4,6,10-11,14H,3H2,(H,26,27)(H,35,36)(H,37,38)(H2,32,33,34)(H3,17,19,20,25);4-6H2,1-3H3/t6-,10-,11?,14-;/m1./s1. The maximum atomic E-state index is 12.4. The summed E-state index contributed by atoms with van der Waals surface area (Å²) in [4.78, 5) is 82.2. The molecule has 2 saturated heterocycles. The highest BCUT2D eigenvalue weighted by Gasteiger charge is 2.70. The average Bonchev–Trinajstić information content (AvgIpc) is 3.71. The number of nitrogens with two attached hydrogens (primary N) is 1. The summed E-state index contributed by atoms with van der Waals surface area (Å²) < 4.78 is 65.0. The van der Waals surface area contributed by atoms with Crippen LogP contribution in [0.15, 0.2) is 34.7 Å². The number of allylic oxidation sites excluding steroid dienone is 2. The van der Waals surface area contributed by atoms with Crippen LogP contribution in [0.4, 0.5) is 5.95 Å². The molecule has 29 nitrogen and oxygen atoms in total. The average molecular weight is 835 g/mol. The second-order valence-electron chi connectivity index (χ2n) is 10.9. The van der Waals surface area contributed by atoms with Crippen LogP contribution in [-0.4, -0.2) is 120 Å². The van der Waals surface area contributed by atoms with E-state index in [0.717, 1.165) is 10.9 Å². The molecule has 0 radical (unpaired) electrons. The Kier molecular flexibility index (Phi) is 12.6. The van der Waals surface area contributed by atoms with Crippen LogP contribution in [-0.2, 0) is 41.1 Å². The van der Waals surface area contributed by atoms with Gasteiger partial charge in [0.1, 0.15) is 18.3 Å². The van der Waals surface area contributed by atoms with Gasteiger partial charge < -0.3 is 49.6 Å². The van der Waals surface area contributed by atoms with Crippen molar-refractivity contribution in [2.45, 2.75) is 51.1 Å². The van der Waals surface area contributed by atoms with Crippen molar-refractivity contribution < 1.29 is 80.6 Å². The van der Waals surface area contributed by atoms with Crippen molar-refractivity contribution in [1.82, 2.24) is 24.4 Å². The summed E-state index contributed by atoms with van der Waals surface area (Å²) in [5, 5.41) is 44.9. The molecule has 4 heterocycles. The minimum atomic E-state index is -5.97. The molecule has 5 rings (SSSR count). The number of nitrogens with one attached hydrogen (secondary N) is 1. The lowest BCUT2D eigenvalue weighted by molar-refractivity contribution is -0.725. The van der Waals surface area contributed by atoms with Crippen molar-refractivity contribution in [3.8, 4) is 0 Å². The van der Waals surface area contributed by atoms with Gasteiger partial charge in [-0.05, 0) is 19.6 Å². The first kappa shape index (κ1) is 42.7. The maximum Gasteiger partial charge on any atom is 0.490 e. The third-order valence-corrected chi connectivity index (χ3v) is 11.4. The SMILES string of the molecule is CCN(CC)CC.Nc1nc2c(ncn2[C@@H]2O[C@H](COP(=O)(O)OP(=O)(O)OP(=O)(O)O)[C@H]3OC4(OC23)C([N+](=O)[O-])=CC(=[N+]([O-])O)C=C4[N+](=O)[O-])c(=O)[nH]1. The van der Waals surface area contributed by atoms with Crippen molar-refractivity contribution in [1.29, 1.82) is 0 Å². The minimum Gasteiger partial charge on any atom is -0.417 e. The Morgan fingerprint density at radius 1 is 0.981 bits per heavy atom. The third kappa shape index (κ3) is 9.24. The van der Waals surface area contributed by atoms with Gasteiger partial charge in [-0.15, -0.1) is 0 Å². The Hall–Kier alpha value is -4.05. The lowest BCUT2D eigenvalue weighted by Gasteiger charge is -2.27. The van der Waals surface area contributed by atoms with Crippen molar-refractivity contribution in [3.05, 3.63) is 65.7 Å². The quantitative estimate of drug-likeness (QED) is 0.0437. The first-order valence-corrected chi connectivity index (χ1v) is 19.5. The normalized spacial score (nSPS) is 26.0. The van der Waals surface area contributed by atoms with E-state index in [9.17, 15) is 58.9 Å². The summed E-state index contributed by atoms with van der Waals surface area (Å²) in [5.41, 5.74) is 0.505. The molecule has 6 atom stereocenters. The van der Waals surface area contributed by atoms with Crippen LogP contribution in [0, 0.1) is 25.4 Å². The Morgan fingerprint density at radius 3 is 2.02 bits per heavy atom. The van der Waals surface area contributed by atoms with Gasteiger partial charge in [0.25, 0.3) is 11.3 Å². The molecule has 2 fully saturated rings. The number of rotatable bonds is 13. The van der Waals surface area contributed by atoms with Crippen molar-refractivity contribution >= 4 is 46.3 Å². The molecule has 0 saturated carbocycles. The summed E-state index contributed by atoms with van der Waals surface area (Å²) in [7, 11) is -17.5. The largest absolute Gasteiger partial charge is 0.490 e. The molecule has 32 heteroatoms. The molecule has 3 unspecified atom stereocenters. The molecular formula is C22H32N9O20P3. The lowest BCUT2D eigenvalue weighted by atomic mass is 10.0. The molecule has 1 spiro atoms. The topological polar surface area (TPSA) is 413 Å². The number of imidazole rings is 1. The van der Waals surface area contributed by atoms with E-state index in [4.69, 9.17) is 29.7 Å². The Morgan fingerprint density at radius 2 is 1.54 bits per heavy atom. The monoisotopic (exact) mass is 835 g/mol. The van der Waals surface area contributed by atoms with E-state index in [1.165, 1.54) is 19.6 Å². The summed E-state index contributed by atoms with van der Waals surface area (Å²) in [6, 6.07) is 0. The van der Waals surface area contributed by atoms with Crippen LogP contribution in [0.2, 0.25) is 0 Å². The van der Waals surface area contributed by atoms with Gasteiger partial charge in [0.2, 0.25) is 5.95 Å². The van der Waals surface area contributed by atoms with Crippen LogP contribution in [0.1, 0.15) is 27.0 Å². The molecule has 8 N–H and O–H groups in total. The van der Waals surface area contributed by atoms with Crippen LogP contribution in [0.3, 0.4) is 0 Å². The Balaban J connectivity index is 0.000000845. The zero-order chi connectivity index (χ0) is 40.6. The number of H-pyrrole nitrogens is 1. The van der Waals surface area contributed by atoms with Gasteiger partial charge in [0.15, 0.2) is 17.4 Å². The fourth-order valence-electron chi connectivity index (χ4n) is 5.36. The third-order valence-electron chi connectivity index (χ3n) is 7.63. The number of ether oxygens (including phenoxy) is 3. The lowest BCUT2D eigenvalue weighted by Crippen LogP contribution is -2.46. The van der Waals surface area contributed by atoms with E-state index in [0.29, 0.717) is 12.2 Å². The van der Waals surface area contributed by atoms with E-state index >= 15 is 0 Å². The molecule has 0 bridgehead atoms. The van der Waals surface area contributed by atoms with Gasteiger partial charge in [-0.1, -0.05) is 20.8 Å². The minimum absolute atomic E-state index is 0.301. The number of nitrogens with zero attached hydrogens (tertiary/aromatic N) is 7. The summed E-state index contributed by atoms with van der Waals surface area (Å²) >= 11 is 0. The maximum absolute atomic E-state index is 12.4. The van der Waals surface area contributed by atoms with Gasteiger partial charge in [-0.2, -0.15) is 13.6 Å². The number of aromatic amines is 1. The fraction of sp³-hybridized carbons (Fsp3) is 0.545. The molecule has 0 amide bonds. The van der Waals surface area contributed by atoms with Gasteiger partial charge in [0, 0.05) is 4.90 Å². The number of phosphoric ester groups is 1. The summed E-state index contributed by atoms with van der Waals surface area (Å²) in [5.74, 6) is -3.51. The molecule has 2 aromatic rings. The van der Waals surface area contributed by atoms with Crippen LogP contribution >= 0.6 is 23.5 Å². The fourth-order valence-corrected chi connectivity index (χ4v) is 8.39. The van der Waals surface area contributed by atoms with Gasteiger partial charge in [-0.25, -0.2) is 18.7 Å². The highest BCUT2D eigenvalue weighted by molar-refractivity contribution is 7.66. The van der Waals surface area contributed by atoms with Crippen LogP contribution in [0.5, 0.6) is 0 Å². The Labute approximate surface area is 300 Å². The Bertz CT molecular complexity index is 2050. The van der Waals surface area contributed by atoms with Gasteiger partial charge in [-0.3, -0.25) is 44.3 Å². The molecule has 2 aliphatic heterocycles. The van der Waals surface area contributed by atoms with Crippen molar-refractivity contribution in [2.24, 2.45) is 0 Å². The number of nitrogen functional groups attached to an aromatic ring is 1. The second kappa shape index (κ2) is 16.0. The van der Waals surface area contributed by atoms with E-state index < -0.39 is 104 Å². The summed E-state index contributed by atoms with van der Waals surface area (Å²) in [6.45, 7) is 8.88. The zero-order valence-corrected chi connectivity index (χ0v) is 30.5. The van der Waals surface area contributed by atoms with E-state index in [-0.39, 0.29) is 11.2 Å².